The number of nitrogens with one attached hydrogen (secondary N) is 1. The van der Waals surface area contributed by atoms with Crippen molar-refractivity contribution >= 4 is 5.97 Å². The summed E-state index contributed by atoms with van der Waals surface area (Å²) in [4.78, 5) is 15.7. The summed E-state index contributed by atoms with van der Waals surface area (Å²) in [6, 6.07) is 7.93. The number of carbonyl (C=O) groups excluding carboxylic acids is 1. The third-order valence-electron chi connectivity index (χ3n) is 3.26. The maximum absolute atomic E-state index is 11.6. The summed E-state index contributed by atoms with van der Waals surface area (Å²) in [7, 11) is 0. The third kappa shape index (κ3) is 2.30. The monoisotopic (exact) mass is 273 g/mol. The van der Waals surface area contributed by atoms with Crippen molar-refractivity contribution in [1.82, 2.24) is 15.5 Å². The minimum Gasteiger partial charge on any atom is -0.460 e. The van der Waals surface area contributed by atoms with Gasteiger partial charge in [-0.05, 0) is 29.6 Å². The molecular weight excluding hydrogens is 258 g/mol. The van der Waals surface area contributed by atoms with Gasteiger partial charge in [-0.3, -0.25) is 0 Å². The van der Waals surface area contributed by atoms with Gasteiger partial charge >= 0.3 is 5.97 Å². The van der Waals surface area contributed by atoms with Crippen LogP contribution in [0, 0.1) is 0 Å². The first-order chi connectivity index (χ1) is 9.79. The zero-order valence-corrected chi connectivity index (χ0v) is 11.1. The van der Waals surface area contributed by atoms with Crippen LogP contribution in [0.2, 0.25) is 0 Å². The van der Waals surface area contributed by atoms with Gasteiger partial charge in [-0.15, -0.1) is 0 Å². The zero-order chi connectivity index (χ0) is 13.9. The van der Waals surface area contributed by atoms with Gasteiger partial charge in [0, 0.05) is 6.54 Å². The Kier molecular flexibility index (Phi) is 3.47. The molecule has 0 bridgehead atoms. The van der Waals surface area contributed by atoms with E-state index in [1.807, 2.05) is 18.2 Å². The summed E-state index contributed by atoms with van der Waals surface area (Å²) in [5.41, 5.74) is 2.37. The molecule has 2 aromatic rings. The number of nitrogens with zero attached hydrogens (tertiary/aromatic N) is 2. The van der Waals surface area contributed by atoms with E-state index in [1.54, 1.807) is 6.92 Å². The predicted molar refractivity (Wildman–Crippen MR) is 70.2 cm³/mol. The predicted octanol–water partition coefficient (Wildman–Crippen LogP) is 1.48. The molecule has 0 radical (unpaired) electrons. The van der Waals surface area contributed by atoms with Crippen molar-refractivity contribution in [2.75, 3.05) is 13.2 Å². The van der Waals surface area contributed by atoms with Crippen LogP contribution in [0.3, 0.4) is 0 Å². The van der Waals surface area contributed by atoms with E-state index in [1.165, 1.54) is 5.56 Å². The molecule has 1 atom stereocenters. The van der Waals surface area contributed by atoms with E-state index in [4.69, 9.17) is 9.26 Å². The van der Waals surface area contributed by atoms with Crippen LogP contribution < -0.4 is 5.32 Å². The molecule has 0 saturated heterocycles. The molecule has 1 aliphatic rings. The number of rotatable bonds is 3. The number of esters is 1. The van der Waals surface area contributed by atoms with Gasteiger partial charge in [0.2, 0.25) is 5.89 Å². The molecule has 6 heteroatoms. The molecule has 0 amide bonds. The highest BCUT2D eigenvalue weighted by Crippen LogP contribution is 2.27. The Labute approximate surface area is 116 Å². The minimum atomic E-state index is -0.563. The van der Waals surface area contributed by atoms with Crippen LogP contribution in [-0.4, -0.2) is 29.3 Å². The van der Waals surface area contributed by atoms with Crippen molar-refractivity contribution in [2.24, 2.45) is 0 Å². The molecule has 104 valence electrons. The van der Waals surface area contributed by atoms with Crippen LogP contribution >= 0.6 is 0 Å². The van der Waals surface area contributed by atoms with Crippen LogP contribution in [0.4, 0.5) is 0 Å². The van der Waals surface area contributed by atoms with Gasteiger partial charge in [0.25, 0.3) is 5.82 Å². The highest BCUT2D eigenvalue weighted by atomic mass is 16.5. The number of hydrogen-bond donors (Lipinski definition) is 1. The van der Waals surface area contributed by atoms with Crippen molar-refractivity contribution in [3.05, 3.63) is 47.1 Å². The lowest BCUT2D eigenvalue weighted by atomic mass is 9.94. The molecule has 0 aliphatic carbocycles. The fourth-order valence-electron chi connectivity index (χ4n) is 2.36. The fourth-order valence-corrected chi connectivity index (χ4v) is 2.36. The lowest BCUT2D eigenvalue weighted by molar-refractivity contribution is 0.0508. The van der Waals surface area contributed by atoms with Crippen LogP contribution in [0.5, 0.6) is 0 Å². The van der Waals surface area contributed by atoms with E-state index >= 15 is 0 Å². The van der Waals surface area contributed by atoms with Crippen LogP contribution in [0.1, 0.15) is 40.6 Å². The molecule has 0 spiro atoms. The topological polar surface area (TPSA) is 77.2 Å². The van der Waals surface area contributed by atoms with Gasteiger partial charge in [-0.2, -0.15) is 4.98 Å². The van der Waals surface area contributed by atoms with E-state index in [9.17, 15) is 4.79 Å². The largest absolute Gasteiger partial charge is 0.460 e. The Morgan fingerprint density at radius 2 is 2.35 bits per heavy atom. The molecule has 1 aliphatic heterocycles. The number of carbonyl (C=O) groups is 1. The first-order valence-electron chi connectivity index (χ1n) is 6.61. The van der Waals surface area contributed by atoms with Gasteiger partial charge < -0.3 is 14.6 Å². The summed E-state index contributed by atoms with van der Waals surface area (Å²) in [5, 5.41) is 7.01. The molecule has 1 unspecified atom stereocenters. The Morgan fingerprint density at radius 3 is 3.20 bits per heavy atom. The Hall–Kier alpha value is -2.21. The molecular formula is C14H15N3O3. The lowest BCUT2D eigenvalue weighted by Crippen LogP contribution is -2.30. The maximum atomic E-state index is 11.6. The normalized spacial score (nSPS) is 17.6. The van der Waals surface area contributed by atoms with Gasteiger partial charge in [-0.1, -0.05) is 24.3 Å². The number of fused-ring (bicyclic) bond motifs is 1. The number of benzene rings is 1. The highest BCUT2D eigenvalue weighted by Gasteiger charge is 2.27. The summed E-state index contributed by atoms with van der Waals surface area (Å²) in [5.74, 6) is -0.210. The molecule has 3 rings (SSSR count). The average molecular weight is 273 g/mol. The molecule has 0 saturated carbocycles. The molecule has 0 fully saturated rings. The van der Waals surface area contributed by atoms with Crippen LogP contribution in [0.25, 0.3) is 0 Å². The second-order valence-corrected chi connectivity index (χ2v) is 4.51. The molecule has 1 aromatic heterocycles. The first-order valence-corrected chi connectivity index (χ1v) is 6.61. The van der Waals surface area contributed by atoms with Crippen molar-refractivity contribution < 1.29 is 14.1 Å². The summed E-state index contributed by atoms with van der Waals surface area (Å²) >= 11 is 0. The summed E-state index contributed by atoms with van der Waals surface area (Å²) < 4.78 is 10.1. The van der Waals surface area contributed by atoms with Crippen molar-refractivity contribution in [3.63, 3.8) is 0 Å². The van der Waals surface area contributed by atoms with Gasteiger partial charge in [0.05, 0.1) is 6.61 Å². The zero-order valence-electron chi connectivity index (χ0n) is 11.1. The molecule has 2 heterocycles. The van der Waals surface area contributed by atoms with E-state index in [2.05, 4.69) is 21.5 Å². The third-order valence-corrected chi connectivity index (χ3v) is 3.26. The Morgan fingerprint density at radius 1 is 1.50 bits per heavy atom. The molecule has 20 heavy (non-hydrogen) atoms. The van der Waals surface area contributed by atoms with Crippen LogP contribution in [0.15, 0.2) is 28.8 Å². The van der Waals surface area contributed by atoms with Crippen molar-refractivity contribution in [3.8, 4) is 0 Å². The molecule has 1 aromatic carbocycles. The lowest BCUT2D eigenvalue weighted by Gasteiger charge is -2.23. The Bertz CT molecular complexity index is 624. The number of hydrogen-bond acceptors (Lipinski definition) is 6. The highest BCUT2D eigenvalue weighted by molar-refractivity contribution is 5.84. The summed E-state index contributed by atoms with van der Waals surface area (Å²) in [6.45, 7) is 2.85. The van der Waals surface area contributed by atoms with Gasteiger partial charge in [0.1, 0.15) is 6.04 Å². The number of aromatic nitrogens is 2. The van der Waals surface area contributed by atoms with E-state index in [0.29, 0.717) is 5.89 Å². The second-order valence-electron chi connectivity index (χ2n) is 4.51. The van der Waals surface area contributed by atoms with Gasteiger partial charge in [0.15, 0.2) is 0 Å². The fraction of sp³-hybridized carbons (Fsp3) is 0.357. The van der Waals surface area contributed by atoms with Crippen molar-refractivity contribution in [1.29, 1.82) is 0 Å². The first kappa shape index (κ1) is 12.8. The Balaban J connectivity index is 1.89. The van der Waals surface area contributed by atoms with Gasteiger partial charge in [-0.25, -0.2) is 4.79 Å². The minimum absolute atomic E-state index is 0.0355. The van der Waals surface area contributed by atoms with Crippen LogP contribution in [-0.2, 0) is 11.2 Å². The smallest absolute Gasteiger partial charge is 0.379 e. The second kappa shape index (κ2) is 5.42. The SMILES string of the molecule is CCOC(=O)c1noc(C2NCCc3ccccc32)n1. The quantitative estimate of drug-likeness (QED) is 0.854. The average Bonchev–Trinajstić information content (AvgIpc) is 2.97. The molecule has 1 N–H and O–H groups in total. The molecule has 6 nitrogen and oxygen atoms in total. The summed E-state index contributed by atoms with van der Waals surface area (Å²) in [6.07, 6.45) is 0.964. The van der Waals surface area contributed by atoms with E-state index < -0.39 is 5.97 Å². The maximum Gasteiger partial charge on any atom is 0.379 e. The van der Waals surface area contributed by atoms with E-state index in [-0.39, 0.29) is 18.5 Å². The number of ether oxygens (including phenoxy) is 1. The van der Waals surface area contributed by atoms with Crippen molar-refractivity contribution in [2.45, 2.75) is 19.4 Å². The van der Waals surface area contributed by atoms with E-state index in [0.717, 1.165) is 18.5 Å². The standard InChI is InChI=1S/C14H15N3O3/c1-2-19-14(18)12-16-13(20-17-12)11-10-6-4-3-5-9(10)7-8-15-11/h3-6,11,15H,2,7-8H2,1H3.